The molecular formula is C19H25ClN4O. The molecule has 1 aromatic carbocycles. The lowest BCUT2D eigenvalue weighted by Crippen LogP contribution is -2.30. The van der Waals surface area contributed by atoms with Crippen molar-refractivity contribution in [2.75, 3.05) is 18.0 Å². The highest BCUT2D eigenvalue weighted by Gasteiger charge is 2.19. The fraction of sp³-hybridized carbons (Fsp3) is 0.474. The second kappa shape index (κ2) is 7.48. The van der Waals surface area contributed by atoms with Crippen LogP contribution < -0.4 is 10.2 Å². The van der Waals surface area contributed by atoms with E-state index >= 15 is 0 Å². The van der Waals surface area contributed by atoms with Crippen molar-refractivity contribution < 1.29 is 4.79 Å². The molecule has 1 atom stereocenters. The molecule has 0 spiro atoms. The van der Waals surface area contributed by atoms with Gasteiger partial charge in [-0.05, 0) is 51.3 Å². The third-order valence-corrected chi connectivity index (χ3v) is 5.31. The Kier molecular flexibility index (Phi) is 5.33. The normalized spacial score (nSPS) is 15.9. The summed E-state index contributed by atoms with van der Waals surface area (Å²) in [4.78, 5) is 15.0. The van der Waals surface area contributed by atoms with E-state index in [1.807, 2.05) is 37.7 Å². The number of halogens is 1. The zero-order valence-corrected chi connectivity index (χ0v) is 15.8. The Morgan fingerprint density at radius 3 is 2.64 bits per heavy atom. The first-order chi connectivity index (χ1) is 12.0. The molecule has 0 unspecified atom stereocenters. The Hall–Kier alpha value is -2.01. The van der Waals surface area contributed by atoms with Gasteiger partial charge < -0.3 is 10.2 Å². The second-order valence-electron chi connectivity index (χ2n) is 6.72. The quantitative estimate of drug-likeness (QED) is 0.900. The predicted molar refractivity (Wildman–Crippen MR) is 101 cm³/mol. The highest BCUT2D eigenvalue weighted by molar-refractivity contribution is 6.33. The van der Waals surface area contributed by atoms with Crippen molar-refractivity contribution in [2.45, 2.75) is 39.2 Å². The van der Waals surface area contributed by atoms with Crippen LogP contribution in [0.15, 0.2) is 24.4 Å². The van der Waals surface area contributed by atoms with Crippen LogP contribution in [0.4, 0.5) is 5.69 Å². The molecule has 0 aliphatic carbocycles. The second-order valence-corrected chi connectivity index (χ2v) is 7.13. The number of hydrogen-bond acceptors (Lipinski definition) is 3. The third kappa shape index (κ3) is 3.82. The fourth-order valence-corrected chi connectivity index (χ4v) is 3.57. The molecule has 2 aromatic rings. The van der Waals surface area contributed by atoms with Gasteiger partial charge in [0.05, 0.1) is 22.9 Å². The van der Waals surface area contributed by atoms with Crippen molar-refractivity contribution in [2.24, 2.45) is 7.05 Å². The van der Waals surface area contributed by atoms with Gasteiger partial charge in [-0.3, -0.25) is 9.48 Å². The highest BCUT2D eigenvalue weighted by Crippen LogP contribution is 2.29. The van der Waals surface area contributed by atoms with Crippen molar-refractivity contribution >= 4 is 23.2 Å². The van der Waals surface area contributed by atoms with Crippen LogP contribution in [0, 0.1) is 6.92 Å². The van der Waals surface area contributed by atoms with Gasteiger partial charge in [0, 0.05) is 37.0 Å². The molecule has 134 valence electrons. The first kappa shape index (κ1) is 17.8. The Morgan fingerprint density at radius 1 is 1.28 bits per heavy atom. The Morgan fingerprint density at radius 2 is 2.00 bits per heavy atom. The van der Waals surface area contributed by atoms with E-state index in [-0.39, 0.29) is 11.9 Å². The van der Waals surface area contributed by atoms with Crippen molar-refractivity contribution in [3.63, 3.8) is 0 Å². The summed E-state index contributed by atoms with van der Waals surface area (Å²) < 4.78 is 1.81. The smallest absolute Gasteiger partial charge is 0.251 e. The molecule has 6 heteroatoms. The number of nitrogens with one attached hydrogen (secondary N) is 1. The van der Waals surface area contributed by atoms with E-state index in [0.29, 0.717) is 10.6 Å². The van der Waals surface area contributed by atoms with Crippen LogP contribution in [-0.4, -0.2) is 28.8 Å². The molecule has 0 saturated carbocycles. The fourth-order valence-electron chi connectivity index (χ4n) is 3.33. The van der Waals surface area contributed by atoms with E-state index in [9.17, 15) is 4.79 Å². The number of amides is 1. The zero-order chi connectivity index (χ0) is 18.0. The van der Waals surface area contributed by atoms with Crippen molar-refractivity contribution in [3.8, 4) is 0 Å². The van der Waals surface area contributed by atoms with Crippen LogP contribution in [0.25, 0.3) is 0 Å². The summed E-state index contributed by atoms with van der Waals surface area (Å²) in [5.74, 6) is -0.0920. The van der Waals surface area contributed by atoms with Gasteiger partial charge >= 0.3 is 0 Å². The molecule has 1 N–H and O–H groups in total. The SMILES string of the molecule is Cc1c([C@H](C)NC(=O)c2ccc(Cl)c(N3CCCCC3)c2)cnn1C. The van der Waals surface area contributed by atoms with Gasteiger partial charge in [0.1, 0.15) is 0 Å². The lowest BCUT2D eigenvalue weighted by molar-refractivity contribution is 0.0940. The number of carbonyl (C=O) groups is 1. The van der Waals surface area contributed by atoms with E-state index < -0.39 is 0 Å². The van der Waals surface area contributed by atoms with Gasteiger partial charge in [0.25, 0.3) is 5.91 Å². The number of rotatable bonds is 4. The van der Waals surface area contributed by atoms with Gasteiger partial charge in [0.15, 0.2) is 0 Å². The summed E-state index contributed by atoms with van der Waals surface area (Å²) in [6.45, 7) is 5.97. The number of aromatic nitrogens is 2. The van der Waals surface area contributed by atoms with Gasteiger partial charge in [-0.15, -0.1) is 0 Å². The number of anilines is 1. The summed E-state index contributed by atoms with van der Waals surface area (Å²) in [6.07, 6.45) is 5.41. The number of piperidine rings is 1. The third-order valence-electron chi connectivity index (χ3n) is 4.99. The van der Waals surface area contributed by atoms with E-state index in [1.165, 1.54) is 19.3 Å². The van der Waals surface area contributed by atoms with E-state index in [1.54, 1.807) is 12.3 Å². The number of nitrogens with zero attached hydrogens (tertiary/aromatic N) is 3. The number of hydrogen-bond donors (Lipinski definition) is 1. The number of carbonyl (C=O) groups excluding carboxylic acids is 1. The molecule has 1 fully saturated rings. The van der Waals surface area contributed by atoms with E-state index in [0.717, 1.165) is 30.0 Å². The minimum absolute atomic E-state index is 0.0920. The number of benzene rings is 1. The first-order valence-electron chi connectivity index (χ1n) is 8.81. The average Bonchev–Trinajstić information content (AvgIpc) is 2.95. The van der Waals surface area contributed by atoms with E-state index in [4.69, 9.17) is 11.6 Å². The van der Waals surface area contributed by atoms with Crippen molar-refractivity contribution in [3.05, 3.63) is 46.2 Å². The molecule has 3 rings (SSSR count). The zero-order valence-electron chi connectivity index (χ0n) is 15.1. The summed E-state index contributed by atoms with van der Waals surface area (Å²) in [5.41, 5.74) is 3.68. The van der Waals surface area contributed by atoms with Crippen molar-refractivity contribution in [1.82, 2.24) is 15.1 Å². The maximum Gasteiger partial charge on any atom is 0.251 e. The van der Waals surface area contributed by atoms with Crippen LogP contribution in [-0.2, 0) is 7.05 Å². The summed E-state index contributed by atoms with van der Waals surface area (Å²) in [6, 6.07) is 5.41. The standard InChI is InChI=1S/C19H25ClN4O/c1-13(16-12-21-23(3)14(16)2)22-19(25)15-7-8-17(20)18(11-15)24-9-5-4-6-10-24/h7-8,11-13H,4-6,9-10H2,1-3H3,(H,22,25)/t13-/m0/s1. The average molecular weight is 361 g/mol. The largest absolute Gasteiger partial charge is 0.370 e. The van der Waals surface area contributed by atoms with Gasteiger partial charge in [-0.25, -0.2) is 0 Å². The van der Waals surface area contributed by atoms with Crippen LogP contribution >= 0.6 is 11.6 Å². The topological polar surface area (TPSA) is 50.2 Å². The number of aryl methyl sites for hydroxylation is 1. The molecule has 1 aliphatic rings. The van der Waals surface area contributed by atoms with Crippen molar-refractivity contribution in [1.29, 1.82) is 0 Å². The molecule has 0 bridgehead atoms. The van der Waals surface area contributed by atoms with Crippen LogP contribution in [0.3, 0.4) is 0 Å². The van der Waals surface area contributed by atoms with Gasteiger partial charge in [0.2, 0.25) is 0 Å². The predicted octanol–water partition coefficient (Wildman–Crippen LogP) is 3.86. The lowest BCUT2D eigenvalue weighted by atomic mass is 10.1. The molecule has 1 saturated heterocycles. The Bertz CT molecular complexity index is 765. The summed E-state index contributed by atoms with van der Waals surface area (Å²) in [7, 11) is 1.90. The van der Waals surface area contributed by atoms with Gasteiger partial charge in [-0.1, -0.05) is 11.6 Å². The summed E-state index contributed by atoms with van der Waals surface area (Å²) >= 11 is 6.38. The summed E-state index contributed by atoms with van der Waals surface area (Å²) in [5, 5.41) is 8.01. The molecule has 25 heavy (non-hydrogen) atoms. The first-order valence-corrected chi connectivity index (χ1v) is 9.19. The highest BCUT2D eigenvalue weighted by atomic mass is 35.5. The van der Waals surface area contributed by atoms with Crippen LogP contribution in [0.5, 0.6) is 0 Å². The molecule has 1 aromatic heterocycles. The lowest BCUT2D eigenvalue weighted by Gasteiger charge is -2.30. The Labute approximate surface area is 154 Å². The molecule has 1 amide bonds. The maximum absolute atomic E-state index is 12.7. The molecule has 5 nitrogen and oxygen atoms in total. The molecule has 2 heterocycles. The van der Waals surface area contributed by atoms with Crippen LogP contribution in [0.1, 0.15) is 53.8 Å². The van der Waals surface area contributed by atoms with Gasteiger partial charge in [-0.2, -0.15) is 5.10 Å². The minimum Gasteiger partial charge on any atom is -0.370 e. The maximum atomic E-state index is 12.7. The molecule has 1 aliphatic heterocycles. The minimum atomic E-state index is -0.102. The Balaban J connectivity index is 1.76. The van der Waals surface area contributed by atoms with E-state index in [2.05, 4.69) is 15.3 Å². The monoisotopic (exact) mass is 360 g/mol. The van der Waals surface area contributed by atoms with Crippen LogP contribution in [0.2, 0.25) is 5.02 Å². The molecular weight excluding hydrogens is 336 g/mol. The molecule has 0 radical (unpaired) electrons.